The number of aromatic nitrogens is 1. The van der Waals surface area contributed by atoms with Crippen molar-refractivity contribution in [1.82, 2.24) is 4.98 Å². The third kappa shape index (κ3) is 7.56. The maximum absolute atomic E-state index is 14.7. The molecule has 2 aromatic rings. The fourth-order valence-corrected chi connectivity index (χ4v) is 9.87. The van der Waals surface area contributed by atoms with E-state index >= 15 is 0 Å². The van der Waals surface area contributed by atoms with E-state index in [0.717, 1.165) is 54.7 Å². The van der Waals surface area contributed by atoms with Gasteiger partial charge >= 0.3 is 47.8 Å². The van der Waals surface area contributed by atoms with Gasteiger partial charge in [-0.3, -0.25) is 29.0 Å². The average molecular weight is 884 g/mol. The lowest BCUT2D eigenvalue weighted by molar-refractivity contribution is -0.386. The Labute approximate surface area is 360 Å². The van der Waals surface area contributed by atoms with E-state index in [9.17, 15) is 48.6 Å². The third-order valence-corrected chi connectivity index (χ3v) is 12.6. The number of fused-ring (bicyclic) bond motifs is 5. The first kappa shape index (κ1) is 46.5. The number of benzene rings is 1. The minimum absolute atomic E-state index is 0.0502. The van der Waals surface area contributed by atoms with E-state index in [2.05, 4.69) is 4.98 Å². The molecule has 2 aliphatic heterocycles. The second-order valence-corrected chi connectivity index (χ2v) is 16.8. The summed E-state index contributed by atoms with van der Waals surface area (Å²) in [6.45, 7) is 7.69. The summed E-state index contributed by atoms with van der Waals surface area (Å²) in [4.78, 5) is 114. The lowest BCUT2D eigenvalue weighted by atomic mass is 9.45. The lowest BCUT2D eigenvalue weighted by Gasteiger charge is -2.67. The monoisotopic (exact) mass is 883 g/mol. The Morgan fingerprint density at radius 3 is 1.92 bits per heavy atom. The molecule has 2 aliphatic carbocycles. The molecule has 1 spiro atoms. The van der Waals surface area contributed by atoms with Crippen molar-refractivity contribution in [2.24, 2.45) is 11.3 Å². The number of rotatable bonds is 8. The first-order chi connectivity index (χ1) is 29.4. The summed E-state index contributed by atoms with van der Waals surface area (Å²) in [6.07, 6.45) is -10.4. The molecular formula is C43H49NO19. The lowest BCUT2D eigenvalue weighted by Crippen LogP contribution is -2.89. The van der Waals surface area contributed by atoms with E-state index in [0.29, 0.717) is 0 Å². The molecule has 1 aromatic heterocycles. The zero-order valence-corrected chi connectivity index (χ0v) is 35.9. The Morgan fingerprint density at radius 2 is 1.33 bits per heavy atom. The van der Waals surface area contributed by atoms with E-state index in [1.807, 2.05) is 0 Å². The van der Waals surface area contributed by atoms with Crippen molar-refractivity contribution in [3.05, 3.63) is 65.5 Å². The molecule has 340 valence electrons. The SMILES string of the molecule is CC(=O)OC[C@]12[C@H](OC(C)=O)[C@H](OC(C)=O)[C@@H]3[C@@H](OC(C)=O)[C@@]14O[C@@]3(C)COC(=O)c1cnccc1C(C)C(C)(O)C(=O)O[C@@H]([C@H](OC(C)=O)[C@@H]2OC(=O)c1ccccc1)[C@]4(C)O. The number of ether oxygens (including phenoxy) is 9. The van der Waals surface area contributed by atoms with Gasteiger partial charge in [0.25, 0.3) is 0 Å². The Balaban J connectivity index is 1.82. The Morgan fingerprint density at radius 1 is 0.762 bits per heavy atom. The highest BCUT2D eigenvalue weighted by atomic mass is 16.7. The van der Waals surface area contributed by atoms with Gasteiger partial charge in [0.1, 0.15) is 42.0 Å². The summed E-state index contributed by atoms with van der Waals surface area (Å²) in [7, 11) is 0. The van der Waals surface area contributed by atoms with Crippen LogP contribution in [0.2, 0.25) is 0 Å². The molecule has 0 radical (unpaired) electrons. The molecule has 1 aromatic carbocycles. The van der Waals surface area contributed by atoms with Crippen LogP contribution in [0.1, 0.15) is 94.5 Å². The highest BCUT2D eigenvalue weighted by molar-refractivity contribution is 5.92. The summed E-state index contributed by atoms with van der Waals surface area (Å²) in [6, 6.07) is 8.61. The smallest absolute Gasteiger partial charge is 0.340 e. The molecule has 2 saturated carbocycles. The minimum atomic E-state index is -2.98. The third-order valence-electron chi connectivity index (χ3n) is 12.6. The minimum Gasteiger partial charge on any atom is -0.465 e. The van der Waals surface area contributed by atoms with Crippen LogP contribution < -0.4 is 0 Å². The van der Waals surface area contributed by atoms with Gasteiger partial charge in [-0.2, -0.15) is 0 Å². The normalized spacial score (nSPS) is 36.8. The number of nitrogens with zero attached hydrogens (tertiary/aromatic N) is 1. The van der Waals surface area contributed by atoms with Crippen molar-refractivity contribution in [2.45, 2.75) is 127 Å². The number of aliphatic hydroxyl groups is 2. The summed E-state index contributed by atoms with van der Waals surface area (Å²) in [5.74, 6) is -12.0. The van der Waals surface area contributed by atoms with Crippen LogP contribution in [0.25, 0.3) is 0 Å². The van der Waals surface area contributed by atoms with Crippen molar-refractivity contribution in [3.8, 4) is 0 Å². The van der Waals surface area contributed by atoms with Crippen LogP contribution in [0.15, 0.2) is 48.8 Å². The molecule has 6 rings (SSSR count). The van der Waals surface area contributed by atoms with Gasteiger partial charge in [-0.05, 0) is 44.5 Å². The van der Waals surface area contributed by atoms with E-state index in [-0.39, 0.29) is 16.7 Å². The molecule has 2 N–H and O–H groups in total. The van der Waals surface area contributed by atoms with Crippen LogP contribution in [0.3, 0.4) is 0 Å². The van der Waals surface area contributed by atoms with Gasteiger partial charge in [0.2, 0.25) is 0 Å². The molecule has 63 heavy (non-hydrogen) atoms. The van der Waals surface area contributed by atoms with Gasteiger partial charge < -0.3 is 52.8 Å². The summed E-state index contributed by atoms with van der Waals surface area (Å²) >= 11 is 0. The van der Waals surface area contributed by atoms with Crippen LogP contribution >= 0.6 is 0 Å². The molecule has 4 aliphatic rings. The second kappa shape index (κ2) is 16.6. The molecule has 1 saturated heterocycles. The van der Waals surface area contributed by atoms with E-state index in [1.54, 1.807) is 6.07 Å². The highest BCUT2D eigenvalue weighted by Gasteiger charge is 2.92. The van der Waals surface area contributed by atoms with Crippen molar-refractivity contribution in [1.29, 1.82) is 0 Å². The number of esters is 8. The van der Waals surface area contributed by atoms with Crippen molar-refractivity contribution < 1.29 is 91.2 Å². The first-order valence-electron chi connectivity index (χ1n) is 19.9. The predicted molar refractivity (Wildman–Crippen MR) is 207 cm³/mol. The molecule has 4 bridgehead atoms. The maximum Gasteiger partial charge on any atom is 0.340 e. The number of pyridine rings is 1. The van der Waals surface area contributed by atoms with Crippen molar-refractivity contribution in [3.63, 3.8) is 0 Å². The fraction of sp³-hybridized carbons (Fsp3) is 0.558. The summed E-state index contributed by atoms with van der Waals surface area (Å²) in [5, 5.41) is 25.7. The molecule has 13 atom stereocenters. The molecule has 20 nitrogen and oxygen atoms in total. The molecule has 2 unspecified atom stereocenters. The van der Waals surface area contributed by atoms with Crippen molar-refractivity contribution >= 4 is 47.8 Å². The van der Waals surface area contributed by atoms with Crippen LogP contribution in [-0.4, -0.2) is 135 Å². The predicted octanol–water partition coefficient (Wildman–Crippen LogP) is 1.44. The molecule has 3 fully saturated rings. The zero-order valence-electron chi connectivity index (χ0n) is 35.9. The van der Waals surface area contributed by atoms with Gasteiger partial charge in [0.05, 0.1) is 17.0 Å². The number of cyclic esters (lactones) is 1. The van der Waals surface area contributed by atoms with Gasteiger partial charge in [-0.1, -0.05) is 25.1 Å². The molecular weight excluding hydrogens is 834 g/mol. The number of carbonyl (C=O) groups is 8. The molecule has 0 amide bonds. The maximum atomic E-state index is 14.7. The molecule has 3 heterocycles. The highest BCUT2D eigenvalue weighted by Crippen LogP contribution is 2.70. The Bertz CT molecular complexity index is 2210. The van der Waals surface area contributed by atoms with E-state index < -0.39 is 137 Å². The Hall–Kier alpha value is -5.99. The fourth-order valence-electron chi connectivity index (χ4n) is 9.87. The largest absolute Gasteiger partial charge is 0.465 e. The van der Waals surface area contributed by atoms with Crippen LogP contribution in [0.4, 0.5) is 0 Å². The topological polar surface area (TPSA) is 273 Å². The van der Waals surface area contributed by atoms with Crippen molar-refractivity contribution in [2.75, 3.05) is 13.2 Å². The zero-order chi connectivity index (χ0) is 46.6. The van der Waals surface area contributed by atoms with Gasteiger partial charge in [-0.15, -0.1) is 0 Å². The number of carbonyl (C=O) groups excluding carboxylic acids is 8. The van der Waals surface area contributed by atoms with E-state index in [1.165, 1.54) is 50.4 Å². The number of hydrogen-bond acceptors (Lipinski definition) is 20. The quantitative estimate of drug-likeness (QED) is 0.280. The molecule has 20 heteroatoms. The summed E-state index contributed by atoms with van der Waals surface area (Å²) < 4.78 is 55.1. The first-order valence-corrected chi connectivity index (χ1v) is 19.9. The van der Waals surface area contributed by atoms with Gasteiger partial charge in [0.15, 0.2) is 35.6 Å². The van der Waals surface area contributed by atoms with Crippen LogP contribution in [0.5, 0.6) is 0 Å². The number of hydrogen-bond donors (Lipinski definition) is 2. The second-order valence-electron chi connectivity index (χ2n) is 16.8. The van der Waals surface area contributed by atoms with Crippen LogP contribution in [0, 0.1) is 11.3 Å². The summed E-state index contributed by atoms with van der Waals surface area (Å²) in [5.41, 5.74) is -13.6. The average Bonchev–Trinajstić information content (AvgIpc) is 3.42. The van der Waals surface area contributed by atoms with Gasteiger partial charge in [0, 0.05) is 52.9 Å². The van der Waals surface area contributed by atoms with E-state index in [4.69, 9.17) is 42.6 Å². The van der Waals surface area contributed by atoms with Gasteiger partial charge in [-0.25, -0.2) is 14.4 Å². The Kier molecular flexibility index (Phi) is 12.3. The standard InChI is InChI=1S/C43H49NO19/c1-20-27-15-16-44-17-28(27)37(51)56-18-39(7)29-30(57-22(3)46)34(60-25(6)49)42(19-55-21(2)45)35(61-36(50)26-13-11-10-12-14-26)31(58-23(4)47)33(62-38(52)40(20,8)53)41(9,54)43(42,63-39)32(29)59-24(5)48/h10-17,20,29-35,53-54H,18-19H2,1-9H3/t20?,29-,30-,31+,32-,33+,34-,35+,39+,40?,41+,42-,43+/m1/s1. The van der Waals surface area contributed by atoms with Crippen LogP contribution in [-0.2, 0) is 71.4 Å².